The molecule has 0 aromatic heterocycles. The molecule has 0 aliphatic heterocycles. The minimum Gasteiger partial charge on any atom is -0.493 e. The lowest BCUT2D eigenvalue weighted by atomic mass is 9.82. The number of aliphatic hydroxyl groups is 1. The highest BCUT2D eigenvalue weighted by molar-refractivity contribution is 5.27. The molecule has 1 saturated carbocycles. The molecule has 0 radical (unpaired) electrons. The lowest BCUT2D eigenvalue weighted by Crippen LogP contribution is -2.26. The molecule has 0 spiro atoms. The summed E-state index contributed by atoms with van der Waals surface area (Å²) in [5.74, 6) is 1.94. The maximum atomic E-state index is 10.0. The van der Waals surface area contributed by atoms with Crippen molar-refractivity contribution in [3.8, 4) is 5.75 Å². The highest BCUT2D eigenvalue weighted by Crippen LogP contribution is 2.28. The summed E-state index contributed by atoms with van der Waals surface area (Å²) in [5, 5.41) is 10.0. The van der Waals surface area contributed by atoms with Crippen LogP contribution in [0.5, 0.6) is 5.75 Å². The summed E-state index contributed by atoms with van der Waals surface area (Å²) in [4.78, 5) is 0. The largest absolute Gasteiger partial charge is 0.493 e. The molecule has 2 nitrogen and oxygen atoms in total. The van der Waals surface area contributed by atoms with Gasteiger partial charge in [-0.25, -0.2) is 0 Å². The first-order chi connectivity index (χ1) is 9.15. The van der Waals surface area contributed by atoms with Gasteiger partial charge in [0.25, 0.3) is 0 Å². The van der Waals surface area contributed by atoms with E-state index in [0.717, 1.165) is 31.6 Å². The molecule has 2 unspecified atom stereocenters. The van der Waals surface area contributed by atoms with Crippen molar-refractivity contribution in [3.05, 3.63) is 29.8 Å². The summed E-state index contributed by atoms with van der Waals surface area (Å²) < 4.78 is 5.68. The van der Waals surface area contributed by atoms with Gasteiger partial charge in [0.15, 0.2) is 0 Å². The van der Waals surface area contributed by atoms with E-state index in [-0.39, 0.29) is 6.10 Å². The topological polar surface area (TPSA) is 29.5 Å². The number of rotatable bonds is 5. The predicted molar refractivity (Wildman–Crippen MR) is 78.4 cm³/mol. The van der Waals surface area contributed by atoms with Crippen LogP contribution in [0.4, 0.5) is 0 Å². The molecular formula is C17H26O2. The molecule has 1 aliphatic rings. The van der Waals surface area contributed by atoms with Gasteiger partial charge in [0, 0.05) is 0 Å². The van der Waals surface area contributed by atoms with Gasteiger partial charge in [-0.1, -0.05) is 38.8 Å². The Balaban J connectivity index is 1.87. The van der Waals surface area contributed by atoms with Crippen LogP contribution < -0.4 is 4.74 Å². The maximum absolute atomic E-state index is 10.0. The summed E-state index contributed by atoms with van der Waals surface area (Å²) in [7, 11) is 0. The van der Waals surface area contributed by atoms with Crippen molar-refractivity contribution in [2.75, 3.05) is 6.61 Å². The number of hydrogen-bond donors (Lipinski definition) is 1. The van der Waals surface area contributed by atoms with Crippen molar-refractivity contribution < 1.29 is 9.84 Å². The second-order valence-corrected chi connectivity index (χ2v) is 6.16. The van der Waals surface area contributed by atoms with E-state index in [1.165, 1.54) is 18.4 Å². The molecule has 19 heavy (non-hydrogen) atoms. The van der Waals surface area contributed by atoms with Crippen LogP contribution in [-0.2, 0) is 6.42 Å². The fourth-order valence-corrected chi connectivity index (χ4v) is 2.71. The van der Waals surface area contributed by atoms with Crippen LogP contribution in [0.25, 0.3) is 0 Å². The minimum absolute atomic E-state index is 0.106. The van der Waals surface area contributed by atoms with Crippen molar-refractivity contribution in [2.24, 2.45) is 11.8 Å². The van der Waals surface area contributed by atoms with Crippen molar-refractivity contribution in [2.45, 2.75) is 52.1 Å². The second-order valence-electron chi connectivity index (χ2n) is 6.16. The molecule has 1 fully saturated rings. The third-order valence-corrected chi connectivity index (χ3v) is 3.87. The predicted octanol–water partition coefficient (Wildman–Crippen LogP) is 3.82. The van der Waals surface area contributed by atoms with E-state index in [9.17, 15) is 5.11 Å². The highest BCUT2D eigenvalue weighted by Gasteiger charge is 2.22. The summed E-state index contributed by atoms with van der Waals surface area (Å²) in [6, 6.07) is 8.37. The van der Waals surface area contributed by atoms with Crippen LogP contribution in [0, 0.1) is 11.8 Å². The fraction of sp³-hybridized carbons (Fsp3) is 0.647. The van der Waals surface area contributed by atoms with E-state index in [1.54, 1.807) is 0 Å². The SMILES string of the molecule is CC(C)COc1ccc(CC2CCCCC2O)cc1. The van der Waals surface area contributed by atoms with Crippen LogP contribution in [0.15, 0.2) is 24.3 Å². The van der Waals surface area contributed by atoms with Gasteiger partial charge in [-0.3, -0.25) is 0 Å². The summed E-state index contributed by atoms with van der Waals surface area (Å²) >= 11 is 0. The van der Waals surface area contributed by atoms with Crippen LogP contribution in [0.3, 0.4) is 0 Å². The molecule has 0 saturated heterocycles. The summed E-state index contributed by atoms with van der Waals surface area (Å²) in [5.41, 5.74) is 1.31. The zero-order valence-electron chi connectivity index (χ0n) is 12.1. The quantitative estimate of drug-likeness (QED) is 0.874. The van der Waals surface area contributed by atoms with Gasteiger partial charge in [-0.2, -0.15) is 0 Å². The summed E-state index contributed by atoms with van der Waals surface area (Å²) in [6.07, 6.45) is 5.46. The van der Waals surface area contributed by atoms with E-state index in [2.05, 4.69) is 26.0 Å². The highest BCUT2D eigenvalue weighted by atomic mass is 16.5. The first-order valence-electron chi connectivity index (χ1n) is 7.55. The molecular weight excluding hydrogens is 236 g/mol. The van der Waals surface area contributed by atoms with Gasteiger partial charge >= 0.3 is 0 Å². The molecule has 0 heterocycles. The van der Waals surface area contributed by atoms with E-state index in [0.29, 0.717) is 11.8 Å². The lowest BCUT2D eigenvalue weighted by molar-refractivity contribution is 0.0700. The zero-order chi connectivity index (χ0) is 13.7. The molecule has 1 aliphatic carbocycles. The minimum atomic E-state index is -0.106. The zero-order valence-corrected chi connectivity index (χ0v) is 12.1. The van der Waals surface area contributed by atoms with Gasteiger partial charge in [0.2, 0.25) is 0 Å². The van der Waals surface area contributed by atoms with E-state index in [1.807, 2.05) is 12.1 Å². The Hall–Kier alpha value is -1.02. The number of hydrogen-bond acceptors (Lipinski definition) is 2. The smallest absolute Gasteiger partial charge is 0.119 e. The molecule has 1 aromatic rings. The second kappa shape index (κ2) is 6.95. The molecule has 1 aromatic carbocycles. The van der Waals surface area contributed by atoms with E-state index >= 15 is 0 Å². The molecule has 2 rings (SSSR count). The van der Waals surface area contributed by atoms with E-state index < -0.39 is 0 Å². The monoisotopic (exact) mass is 262 g/mol. The van der Waals surface area contributed by atoms with Crippen molar-refractivity contribution in [1.82, 2.24) is 0 Å². The Morgan fingerprint density at radius 2 is 1.84 bits per heavy atom. The first kappa shape index (κ1) is 14.4. The van der Waals surface area contributed by atoms with Crippen molar-refractivity contribution in [1.29, 1.82) is 0 Å². The normalized spacial score (nSPS) is 23.6. The van der Waals surface area contributed by atoms with Crippen LogP contribution >= 0.6 is 0 Å². The van der Waals surface area contributed by atoms with Crippen LogP contribution in [0.1, 0.15) is 45.1 Å². The van der Waals surface area contributed by atoms with Crippen molar-refractivity contribution >= 4 is 0 Å². The van der Waals surface area contributed by atoms with Crippen molar-refractivity contribution in [3.63, 3.8) is 0 Å². The number of ether oxygens (including phenoxy) is 1. The standard InChI is InChI=1S/C17H26O2/c1-13(2)12-19-16-9-7-14(8-10-16)11-15-5-3-4-6-17(15)18/h7-10,13,15,17-18H,3-6,11-12H2,1-2H3. The lowest BCUT2D eigenvalue weighted by Gasteiger charge is -2.27. The third-order valence-electron chi connectivity index (χ3n) is 3.87. The molecule has 0 amide bonds. The van der Waals surface area contributed by atoms with Crippen LogP contribution in [-0.4, -0.2) is 17.8 Å². The Morgan fingerprint density at radius 1 is 1.16 bits per heavy atom. The molecule has 2 heteroatoms. The Morgan fingerprint density at radius 3 is 2.47 bits per heavy atom. The average Bonchev–Trinajstić information content (AvgIpc) is 2.40. The van der Waals surface area contributed by atoms with Gasteiger partial charge < -0.3 is 9.84 Å². The summed E-state index contributed by atoms with van der Waals surface area (Å²) in [6.45, 7) is 5.07. The fourth-order valence-electron chi connectivity index (χ4n) is 2.71. The molecule has 106 valence electrons. The average molecular weight is 262 g/mol. The van der Waals surface area contributed by atoms with Gasteiger partial charge in [-0.15, -0.1) is 0 Å². The third kappa shape index (κ3) is 4.54. The van der Waals surface area contributed by atoms with E-state index in [4.69, 9.17) is 4.74 Å². The maximum Gasteiger partial charge on any atom is 0.119 e. The first-order valence-corrected chi connectivity index (χ1v) is 7.55. The molecule has 1 N–H and O–H groups in total. The molecule has 0 bridgehead atoms. The van der Waals surface area contributed by atoms with Crippen LogP contribution in [0.2, 0.25) is 0 Å². The Kier molecular flexibility index (Phi) is 5.26. The van der Waals surface area contributed by atoms with Gasteiger partial charge in [0.1, 0.15) is 5.75 Å². The molecule has 2 atom stereocenters. The number of benzene rings is 1. The number of aliphatic hydroxyl groups excluding tert-OH is 1. The Bertz CT molecular complexity index is 369. The Labute approximate surface area is 116 Å². The van der Waals surface area contributed by atoms with Gasteiger partial charge in [-0.05, 0) is 48.8 Å². The van der Waals surface area contributed by atoms with Gasteiger partial charge in [0.05, 0.1) is 12.7 Å².